The van der Waals surface area contributed by atoms with Crippen LogP contribution in [0.5, 0.6) is 0 Å². The molecule has 3 nitrogen and oxygen atoms in total. The summed E-state index contributed by atoms with van der Waals surface area (Å²) in [6, 6.07) is 2.17. The summed E-state index contributed by atoms with van der Waals surface area (Å²) >= 11 is 1.57. The maximum Gasteiger partial charge on any atom is 0.130 e. The summed E-state index contributed by atoms with van der Waals surface area (Å²) in [6.07, 6.45) is 0. The van der Waals surface area contributed by atoms with Crippen molar-refractivity contribution >= 4 is 11.3 Å². The molecule has 0 radical (unpaired) electrons. The van der Waals surface area contributed by atoms with Crippen LogP contribution in [-0.2, 0) is 13.1 Å². The molecule has 106 valence electrons. The van der Waals surface area contributed by atoms with Gasteiger partial charge in [-0.2, -0.15) is 0 Å². The Labute approximate surface area is 120 Å². The molecule has 20 heavy (non-hydrogen) atoms. The van der Waals surface area contributed by atoms with Gasteiger partial charge in [0.05, 0.1) is 6.54 Å². The Kier molecular flexibility index (Phi) is 3.54. The first kappa shape index (κ1) is 13.6. The van der Waals surface area contributed by atoms with Crippen LogP contribution >= 0.6 is 11.3 Å². The largest absolute Gasteiger partial charge is 0.329 e. The second-order valence-electron chi connectivity index (χ2n) is 4.99. The van der Waals surface area contributed by atoms with E-state index >= 15 is 0 Å². The van der Waals surface area contributed by atoms with E-state index in [0.29, 0.717) is 30.8 Å². The van der Waals surface area contributed by atoms with Crippen molar-refractivity contribution in [1.82, 2.24) is 9.88 Å². The van der Waals surface area contributed by atoms with E-state index in [4.69, 9.17) is 5.73 Å². The Morgan fingerprint density at radius 1 is 1.45 bits per heavy atom. The highest BCUT2D eigenvalue weighted by molar-refractivity contribution is 7.09. The second kappa shape index (κ2) is 5.20. The van der Waals surface area contributed by atoms with E-state index in [0.717, 1.165) is 16.8 Å². The topological polar surface area (TPSA) is 42.1 Å². The van der Waals surface area contributed by atoms with E-state index in [1.54, 1.807) is 11.3 Å². The van der Waals surface area contributed by atoms with Gasteiger partial charge in [0.25, 0.3) is 0 Å². The van der Waals surface area contributed by atoms with Gasteiger partial charge in [-0.3, -0.25) is 4.90 Å². The van der Waals surface area contributed by atoms with Crippen LogP contribution in [0.1, 0.15) is 27.9 Å². The lowest BCUT2D eigenvalue weighted by Crippen LogP contribution is -2.27. The number of fused-ring (bicyclic) bond motifs is 1. The molecule has 0 fully saturated rings. The normalized spacial score (nSPS) is 18.5. The monoisotopic (exact) mass is 295 g/mol. The van der Waals surface area contributed by atoms with Crippen LogP contribution in [-0.4, -0.2) is 16.4 Å². The van der Waals surface area contributed by atoms with Gasteiger partial charge in [0.2, 0.25) is 0 Å². The first-order chi connectivity index (χ1) is 9.58. The van der Waals surface area contributed by atoms with Crippen molar-refractivity contribution in [1.29, 1.82) is 0 Å². The minimum absolute atomic E-state index is 0.153. The van der Waals surface area contributed by atoms with E-state index < -0.39 is 11.6 Å². The molecular formula is C14H15F2N3S. The van der Waals surface area contributed by atoms with Gasteiger partial charge in [-0.15, -0.1) is 11.3 Å². The minimum atomic E-state index is -0.549. The second-order valence-corrected chi connectivity index (χ2v) is 5.94. The van der Waals surface area contributed by atoms with Crippen LogP contribution < -0.4 is 5.73 Å². The lowest BCUT2D eigenvalue weighted by molar-refractivity contribution is 0.209. The van der Waals surface area contributed by atoms with Gasteiger partial charge in [-0.05, 0) is 18.6 Å². The molecule has 0 bridgehead atoms. The van der Waals surface area contributed by atoms with Crippen molar-refractivity contribution in [2.75, 3.05) is 6.54 Å². The zero-order valence-electron chi connectivity index (χ0n) is 11.1. The van der Waals surface area contributed by atoms with Gasteiger partial charge in [0, 0.05) is 41.8 Å². The van der Waals surface area contributed by atoms with Crippen molar-refractivity contribution in [2.24, 2.45) is 5.73 Å². The predicted octanol–water partition coefficient (Wildman–Crippen LogP) is 2.75. The maximum absolute atomic E-state index is 13.9. The van der Waals surface area contributed by atoms with Crippen molar-refractivity contribution in [3.63, 3.8) is 0 Å². The minimum Gasteiger partial charge on any atom is -0.329 e. The number of benzene rings is 1. The third-order valence-corrected chi connectivity index (χ3v) is 4.54. The predicted molar refractivity (Wildman–Crippen MR) is 74.3 cm³/mol. The summed E-state index contributed by atoms with van der Waals surface area (Å²) in [5.74, 6) is -1.04. The highest BCUT2D eigenvalue weighted by atomic mass is 32.1. The van der Waals surface area contributed by atoms with Crippen LogP contribution in [0.3, 0.4) is 0 Å². The Balaban J connectivity index is 1.90. The fourth-order valence-corrected chi connectivity index (χ4v) is 3.49. The number of halogens is 2. The molecule has 0 amide bonds. The van der Waals surface area contributed by atoms with Crippen molar-refractivity contribution in [3.8, 4) is 0 Å². The number of aromatic nitrogens is 1. The van der Waals surface area contributed by atoms with E-state index in [2.05, 4.69) is 4.98 Å². The lowest BCUT2D eigenvalue weighted by Gasteiger charge is -2.22. The molecule has 2 aromatic rings. The Hall–Kier alpha value is -1.37. The Morgan fingerprint density at radius 2 is 2.25 bits per heavy atom. The smallest absolute Gasteiger partial charge is 0.130 e. The molecule has 0 spiro atoms. The van der Waals surface area contributed by atoms with Crippen LogP contribution in [0.4, 0.5) is 8.78 Å². The van der Waals surface area contributed by atoms with Crippen LogP contribution in [0.2, 0.25) is 0 Å². The van der Waals surface area contributed by atoms with Crippen molar-refractivity contribution < 1.29 is 8.78 Å². The fraction of sp³-hybridized carbons (Fsp3) is 0.357. The van der Waals surface area contributed by atoms with Gasteiger partial charge >= 0.3 is 0 Å². The van der Waals surface area contributed by atoms with Crippen molar-refractivity contribution in [2.45, 2.75) is 26.1 Å². The molecule has 2 heterocycles. The number of nitrogens with zero attached hydrogens (tertiary/aromatic N) is 2. The molecule has 2 N–H and O–H groups in total. The summed E-state index contributed by atoms with van der Waals surface area (Å²) < 4.78 is 27.2. The zero-order valence-corrected chi connectivity index (χ0v) is 11.9. The average molecular weight is 295 g/mol. The van der Waals surface area contributed by atoms with E-state index in [9.17, 15) is 8.78 Å². The summed E-state index contributed by atoms with van der Waals surface area (Å²) in [5.41, 5.74) is 7.99. The van der Waals surface area contributed by atoms with Crippen molar-refractivity contribution in [3.05, 3.63) is 51.0 Å². The highest BCUT2D eigenvalue weighted by Gasteiger charge is 2.32. The van der Waals surface area contributed by atoms with E-state index in [1.165, 1.54) is 6.07 Å². The summed E-state index contributed by atoms with van der Waals surface area (Å²) in [5, 5.41) is 2.95. The van der Waals surface area contributed by atoms with Crippen LogP contribution in [0.15, 0.2) is 17.5 Å². The summed E-state index contributed by atoms with van der Waals surface area (Å²) in [7, 11) is 0. The number of rotatable bonds is 3. The van der Waals surface area contributed by atoms with E-state index in [-0.39, 0.29) is 6.04 Å². The highest BCUT2D eigenvalue weighted by Crippen LogP contribution is 2.36. The Bertz CT molecular complexity index is 641. The lowest BCUT2D eigenvalue weighted by atomic mass is 10.0. The number of hydrogen-bond acceptors (Lipinski definition) is 4. The molecule has 0 saturated carbocycles. The standard InChI is InChI=1S/C14H15F2N3S/c1-8-7-20-14(18-8)6-19-5-11-10(13(19)4-17)2-9(15)3-12(11)16/h2-3,7,13H,4-6,17H2,1H3. The van der Waals surface area contributed by atoms with Gasteiger partial charge in [-0.1, -0.05) is 0 Å². The number of thiazole rings is 1. The molecule has 1 atom stereocenters. The number of nitrogens with two attached hydrogens (primary N) is 1. The number of aryl methyl sites for hydroxylation is 1. The SMILES string of the molecule is Cc1csc(CN2Cc3c(F)cc(F)cc3C2CN)n1. The fourth-order valence-electron chi connectivity index (χ4n) is 2.69. The molecular weight excluding hydrogens is 280 g/mol. The summed E-state index contributed by atoms with van der Waals surface area (Å²) in [6.45, 7) is 3.33. The first-order valence-electron chi connectivity index (χ1n) is 6.41. The van der Waals surface area contributed by atoms with Crippen LogP contribution in [0, 0.1) is 18.6 Å². The first-order valence-corrected chi connectivity index (χ1v) is 7.29. The molecule has 1 aliphatic rings. The van der Waals surface area contributed by atoms with E-state index in [1.807, 2.05) is 17.2 Å². The molecule has 0 aliphatic carbocycles. The molecule has 1 aromatic heterocycles. The third kappa shape index (κ3) is 2.34. The Morgan fingerprint density at radius 3 is 2.90 bits per heavy atom. The van der Waals surface area contributed by atoms with Gasteiger partial charge in [0.15, 0.2) is 0 Å². The number of hydrogen-bond donors (Lipinski definition) is 1. The maximum atomic E-state index is 13.9. The molecule has 1 aliphatic heterocycles. The quantitative estimate of drug-likeness (QED) is 0.946. The van der Waals surface area contributed by atoms with Gasteiger partial charge in [-0.25, -0.2) is 13.8 Å². The molecule has 3 rings (SSSR count). The molecule has 1 unspecified atom stereocenters. The van der Waals surface area contributed by atoms with Crippen LogP contribution in [0.25, 0.3) is 0 Å². The summed E-state index contributed by atoms with van der Waals surface area (Å²) in [4.78, 5) is 6.46. The molecule has 6 heteroatoms. The average Bonchev–Trinajstić information content (AvgIpc) is 2.93. The molecule has 1 aromatic carbocycles. The van der Waals surface area contributed by atoms with Gasteiger partial charge in [0.1, 0.15) is 16.6 Å². The zero-order chi connectivity index (χ0) is 14.3. The molecule has 0 saturated heterocycles. The third-order valence-electron chi connectivity index (χ3n) is 3.58. The van der Waals surface area contributed by atoms with Gasteiger partial charge < -0.3 is 5.73 Å².